The van der Waals surface area contributed by atoms with Gasteiger partial charge in [-0.25, -0.2) is 0 Å². The normalized spacial score (nSPS) is 10.6. The molecule has 0 aliphatic carbocycles. The first-order valence-electron chi connectivity index (χ1n) is 6.38. The Bertz CT molecular complexity index is 536. The van der Waals surface area contributed by atoms with E-state index < -0.39 is 4.92 Å². The molecule has 0 bridgehead atoms. The van der Waals surface area contributed by atoms with Crippen molar-refractivity contribution in [2.45, 2.75) is 39.8 Å². The van der Waals surface area contributed by atoms with Gasteiger partial charge in [-0.1, -0.05) is 12.0 Å². The third-order valence-electron chi connectivity index (χ3n) is 2.52. The fourth-order valence-electron chi connectivity index (χ4n) is 1.49. The molecule has 5 nitrogen and oxygen atoms in total. The zero-order valence-corrected chi connectivity index (χ0v) is 12.3. The van der Waals surface area contributed by atoms with Crippen molar-refractivity contribution in [2.24, 2.45) is 0 Å². The summed E-state index contributed by atoms with van der Waals surface area (Å²) in [7, 11) is 0. The first-order chi connectivity index (χ1) is 9.33. The second-order valence-corrected chi connectivity index (χ2v) is 5.38. The summed E-state index contributed by atoms with van der Waals surface area (Å²) in [6.45, 7) is 8.65. The van der Waals surface area contributed by atoms with E-state index in [-0.39, 0.29) is 23.6 Å². The summed E-state index contributed by atoms with van der Waals surface area (Å²) in [5.41, 5.74) is 0.878. The number of benzene rings is 1. The molecule has 20 heavy (non-hydrogen) atoms. The molecule has 1 rings (SSSR count). The van der Waals surface area contributed by atoms with Crippen LogP contribution in [0.25, 0.3) is 0 Å². The Kier molecular flexibility index (Phi) is 5.53. The van der Waals surface area contributed by atoms with Crippen LogP contribution in [-0.2, 0) is 6.54 Å². The van der Waals surface area contributed by atoms with Crippen LogP contribution in [0.5, 0.6) is 5.75 Å². The third-order valence-corrected chi connectivity index (χ3v) is 2.52. The van der Waals surface area contributed by atoms with Crippen LogP contribution in [0.2, 0.25) is 0 Å². The zero-order chi connectivity index (χ0) is 15.2. The van der Waals surface area contributed by atoms with Gasteiger partial charge in [0.25, 0.3) is 0 Å². The van der Waals surface area contributed by atoms with E-state index >= 15 is 0 Å². The van der Waals surface area contributed by atoms with Gasteiger partial charge in [0.1, 0.15) is 6.61 Å². The van der Waals surface area contributed by atoms with E-state index in [1.165, 1.54) is 6.07 Å². The lowest BCUT2D eigenvalue weighted by Crippen LogP contribution is -2.35. The highest BCUT2D eigenvalue weighted by molar-refractivity contribution is 5.48. The Morgan fingerprint density at radius 1 is 1.40 bits per heavy atom. The molecular formula is C15H20N2O3. The summed E-state index contributed by atoms with van der Waals surface area (Å²) in [5, 5.41) is 14.3. The minimum atomic E-state index is -0.449. The van der Waals surface area contributed by atoms with Gasteiger partial charge in [0.15, 0.2) is 5.75 Å². The topological polar surface area (TPSA) is 64.4 Å². The maximum Gasteiger partial charge on any atom is 0.310 e. The minimum absolute atomic E-state index is 0.0174. The molecule has 108 valence electrons. The van der Waals surface area contributed by atoms with E-state index in [2.05, 4.69) is 37.9 Å². The summed E-state index contributed by atoms with van der Waals surface area (Å²) in [6.07, 6.45) is 0. The number of ether oxygens (including phenoxy) is 1. The first kappa shape index (κ1) is 16.0. The van der Waals surface area contributed by atoms with Gasteiger partial charge in [-0.2, -0.15) is 0 Å². The van der Waals surface area contributed by atoms with Gasteiger partial charge >= 0.3 is 5.69 Å². The smallest absolute Gasteiger partial charge is 0.310 e. The van der Waals surface area contributed by atoms with E-state index in [0.717, 1.165) is 5.56 Å². The summed E-state index contributed by atoms with van der Waals surface area (Å²) in [5.74, 6) is 5.67. The Hall–Kier alpha value is -2.06. The molecule has 1 N–H and O–H groups in total. The molecule has 1 aromatic carbocycles. The van der Waals surface area contributed by atoms with Crippen LogP contribution in [0.3, 0.4) is 0 Å². The SMILES string of the molecule is CC#CCOc1cc(CNC(C)(C)C)ccc1[N+](=O)[O-]. The maximum absolute atomic E-state index is 11.0. The number of rotatable bonds is 5. The van der Waals surface area contributed by atoms with Gasteiger partial charge < -0.3 is 10.1 Å². The molecule has 0 radical (unpaired) electrons. The first-order valence-corrected chi connectivity index (χ1v) is 6.38. The van der Waals surface area contributed by atoms with Crippen molar-refractivity contribution in [2.75, 3.05) is 6.61 Å². The molecular weight excluding hydrogens is 256 g/mol. The highest BCUT2D eigenvalue weighted by Gasteiger charge is 2.16. The minimum Gasteiger partial charge on any atom is -0.474 e. The molecule has 0 aromatic heterocycles. The highest BCUT2D eigenvalue weighted by Crippen LogP contribution is 2.28. The van der Waals surface area contributed by atoms with E-state index in [9.17, 15) is 10.1 Å². The Morgan fingerprint density at radius 3 is 2.65 bits per heavy atom. The molecule has 0 aliphatic rings. The molecule has 0 aliphatic heterocycles. The Morgan fingerprint density at radius 2 is 2.10 bits per heavy atom. The lowest BCUT2D eigenvalue weighted by Gasteiger charge is -2.20. The highest BCUT2D eigenvalue weighted by atomic mass is 16.6. The van der Waals surface area contributed by atoms with Crippen LogP contribution in [0.4, 0.5) is 5.69 Å². The van der Waals surface area contributed by atoms with Crippen LogP contribution in [-0.4, -0.2) is 17.1 Å². The average Bonchev–Trinajstić information content (AvgIpc) is 2.36. The fraction of sp³-hybridized carbons (Fsp3) is 0.467. The molecule has 0 amide bonds. The zero-order valence-electron chi connectivity index (χ0n) is 12.3. The predicted octanol–water partition coefficient (Wildman–Crippen LogP) is 2.89. The van der Waals surface area contributed by atoms with Gasteiger partial charge in [-0.15, -0.1) is 5.92 Å². The summed E-state index contributed by atoms with van der Waals surface area (Å²) in [4.78, 5) is 10.5. The summed E-state index contributed by atoms with van der Waals surface area (Å²) < 4.78 is 5.37. The second-order valence-electron chi connectivity index (χ2n) is 5.38. The Balaban J connectivity index is 2.90. The fourth-order valence-corrected chi connectivity index (χ4v) is 1.49. The molecule has 1 aromatic rings. The lowest BCUT2D eigenvalue weighted by molar-refractivity contribution is -0.385. The number of nitrogens with one attached hydrogen (secondary N) is 1. The predicted molar refractivity (Wildman–Crippen MR) is 78.6 cm³/mol. The largest absolute Gasteiger partial charge is 0.474 e. The van der Waals surface area contributed by atoms with Gasteiger partial charge in [0, 0.05) is 18.2 Å². The average molecular weight is 276 g/mol. The molecule has 0 fully saturated rings. The van der Waals surface area contributed by atoms with Crippen LogP contribution in [0.1, 0.15) is 33.3 Å². The van der Waals surface area contributed by atoms with E-state index in [1.54, 1.807) is 19.1 Å². The second kappa shape index (κ2) is 6.92. The van der Waals surface area contributed by atoms with Crippen molar-refractivity contribution in [3.8, 4) is 17.6 Å². The molecule has 0 spiro atoms. The molecule has 5 heteroatoms. The Labute approximate surface area is 119 Å². The number of hydrogen-bond donors (Lipinski definition) is 1. The van der Waals surface area contributed by atoms with Gasteiger partial charge in [0.05, 0.1) is 4.92 Å². The standard InChI is InChI=1S/C15H20N2O3/c1-5-6-9-20-14-10-12(11-16-15(2,3)4)7-8-13(14)17(18)19/h7-8,10,16H,9,11H2,1-4H3. The van der Waals surface area contributed by atoms with Crippen LogP contribution >= 0.6 is 0 Å². The number of hydrogen-bond acceptors (Lipinski definition) is 4. The van der Waals surface area contributed by atoms with Crippen LogP contribution in [0.15, 0.2) is 18.2 Å². The maximum atomic E-state index is 11.0. The number of nitro groups is 1. The molecule has 0 heterocycles. The van der Waals surface area contributed by atoms with Crippen molar-refractivity contribution >= 4 is 5.69 Å². The molecule has 0 unspecified atom stereocenters. The van der Waals surface area contributed by atoms with Crippen molar-refractivity contribution in [1.82, 2.24) is 5.32 Å². The number of nitro benzene ring substituents is 1. The molecule has 0 saturated carbocycles. The van der Waals surface area contributed by atoms with E-state index in [4.69, 9.17) is 4.74 Å². The van der Waals surface area contributed by atoms with E-state index in [0.29, 0.717) is 6.54 Å². The van der Waals surface area contributed by atoms with Gasteiger partial charge in [-0.05, 0) is 39.3 Å². The van der Waals surface area contributed by atoms with Crippen molar-refractivity contribution < 1.29 is 9.66 Å². The van der Waals surface area contributed by atoms with Crippen LogP contribution in [0, 0.1) is 22.0 Å². The lowest BCUT2D eigenvalue weighted by atomic mass is 10.1. The summed E-state index contributed by atoms with van der Waals surface area (Å²) in [6, 6.07) is 4.89. The number of nitrogens with zero attached hydrogens (tertiary/aromatic N) is 1. The van der Waals surface area contributed by atoms with Crippen molar-refractivity contribution in [3.63, 3.8) is 0 Å². The quantitative estimate of drug-likeness (QED) is 0.510. The molecule has 0 atom stereocenters. The third kappa shape index (κ3) is 5.29. The molecule has 0 saturated heterocycles. The monoisotopic (exact) mass is 276 g/mol. The van der Waals surface area contributed by atoms with Gasteiger partial charge in [-0.3, -0.25) is 10.1 Å². The van der Waals surface area contributed by atoms with Gasteiger partial charge in [0.2, 0.25) is 0 Å². The van der Waals surface area contributed by atoms with Crippen molar-refractivity contribution in [1.29, 1.82) is 0 Å². The van der Waals surface area contributed by atoms with Crippen molar-refractivity contribution in [3.05, 3.63) is 33.9 Å². The van der Waals surface area contributed by atoms with Crippen LogP contribution < -0.4 is 10.1 Å². The van der Waals surface area contributed by atoms with E-state index in [1.807, 2.05) is 0 Å². The summed E-state index contributed by atoms with van der Waals surface area (Å²) >= 11 is 0.